The summed E-state index contributed by atoms with van der Waals surface area (Å²) in [6, 6.07) is 0. The van der Waals surface area contributed by atoms with Gasteiger partial charge in [0, 0.05) is 19.6 Å². The van der Waals surface area contributed by atoms with Crippen LogP contribution in [-0.2, 0) is 19.1 Å². The van der Waals surface area contributed by atoms with Crippen LogP contribution in [0.4, 0.5) is 0 Å². The van der Waals surface area contributed by atoms with E-state index in [1.807, 2.05) is 16.8 Å². The predicted octanol–water partition coefficient (Wildman–Crippen LogP) is -1.72. The number of carbonyl (C=O) groups excluding carboxylic acids is 2. The number of amides is 1. The highest BCUT2D eigenvalue weighted by atomic mass is 16.5. The first kappa shape index (κ1) is 14.9. The van der Waals surface area contributed by atoms with E-state index in [2.05, 4.69) is 4.74 Å². The number of hydrogen-bond acceptors (Lipinski definition) is 6. The van der Waals surface area contributed by atoms with Gasteiger partial charge in [0.2, 0.25) is 5.91 Å². The first-order chi connectivity index (χ1) is 8.51. The fourth-order valence-electron chi connectivity index (χ4n) is 1.96. The molecule has 0 bridgehead atoms. The fraction of sp³-hybridized carbons (Fsp3) is 0.818. The minimum absolute atomic E-state index is 0.0206. The number of ether oxygens (including phenoxy) is 2. The van der Waals surface area contributed by atoms with E-state index in [9.17, 15) is 9.59 Å². The van der Waals surface area contributed by atoms with E-state index in [-0.39, 0.29) is 31.1 Å². The van der Waals surface area contributed by atoms with Gasteiger partial charge >= 0.3 is 5.97 Å². The van der Waals surface area contributed by atoms with E-state index in [1.54, 1.807) is 0 Å². The van der Waals surface area contributed by atoms with Crippen LogP contribution in [0, 0.1) is 0 Å². The van der Waals surface area contributed by atoms with E-state index in [0.717, 1.165) is 0 Å². The number of morpholine rings is 1. The number of esters is 1. The van der Waals surface area contributed by atoms with E-state index < -0.39 is 0 Å². The number of hydrogen-bond donors (Lipinski definition) is 1. The standard InChI is InChI=1S/C11H21N3O4/c1-13(7-10(12)15)5-9-6-14(3-4-18-9)8-11(16)17-2/h9H,3-8H2,1-2H3,(H2,12,15)/t9-/m0/s1. The molecule has 1 atom stereocenters. The summed E-state index contributed by atoms with van der Waals surface area (Å²) in [5.41, 5.74) is 5.12. The maximum absolute atomic E-state index is 11.2. The third kappa shape index (κ3) is 5.44. The summed E-state index contributed by atoms with van der Waals surface area (Å²) in [6.45, 7) is 3.03. The van der Waals surface area contributed by atoms with Gasteiger partial charge in [0.15, 0.2) is 0 Å². The Kier molecular flexibility index (Phi) is 6.03. The van der Waals surface area contributed by atoms with Gasteiger partial charge in [-0.15, -0.1) is 0 Å². The van der Waals surface area contributed by atoms with Gasteiger partial charge < -0.3 is 15.2 Å². The third-order valence-corrected chi connectivity index (χ3v) is 2.74. The van der Waals surface area contributed by atoms with Crippen molar-refractivity contribution in [2.75, 3.05) is 53.5 Å². The predicted molar refractivity (Wildman–Crippen MR) is 64.9 cm³/mol. The lowest BCUT2D eigenvalue weighted by Crippen LogP contribution is -2.49. The van der Waals surface area contributed by atoms with Crippen LogP contribution in [-0.4, -0.2) is 81.3 Å². The van der Waals surface area contributed by atoms with Gasteiger partial charge in [-0.3, -0.25) is 19.4 Å². The highest BCUT2D eigenvalue weighted by molar-refractivity contribution is 5.75. The second-order valence-electron chi connectivity index (χ2n) is 4.47. The van der Waals surface area contributed by atoms with Crippen molar-refractivity contribution in [1.29, 1.82) is 0 Å². The lowest BCUT2D eigenvalue weighted by molar-refractivity contribution is -0.144. The monoisotopic (exact) mass is 259 g/mol. The molecule has 0 aromatic carbocycles. The van der Waals surface area contributed by atoms with E-state index in [4.69, 9.17) is 10.5 Å². The van der Waals surface area contributed by atoms with Crippen molar-refractivity contribution >= 4 is 11.9 Å². The lowest BCUT2D eigenvalue weighted by atomic mass is 10.2. The third-order valence-electron chi connectivity index (χ3n) is 2.74. The van der Waals surface area contributed by atoms with E-state index in [0.29, 0.717) is 26.2 Å². The highest BCUT2D eigenvalue weighted by Crippen LogP contribution is 2.06. The van der Waals surface area contributed by atoms with Crippen LogP contribution in [0.3, 0.4) is 0 Å². The summed E-state index contributed by atoms with van der Waals surface area (Å²) in [5.74, 6) is -0.610. The van der Waals surface area contributed by atoms with Gasteiger partial charge in [-0.25, -0.2) is 0 Å². The first-order valence-electron chi connectivity index (χ1n) is 5.89. The largest absolute Gasteiger partial charge is 0.468 e. The van der Waals surface area contributed by atoms with Gasteiger partial charge in [0.1, 0.15) is 0 Å². The zero-order chi connectivity index (χ0) is 13.5. The van der Waals surface area contributed by atoms with Crippen LogP contribution in [0.5, 0.6) is 0 Å². The molecule has 0 aromatic rings. The summed E-state index contributed by atoms with van der Waals surface area (Å²) < 4.78 is 10.2. The van der Waals surface area contributed by atoms with Gasteiger partial charge in [-0.1, -0.05) is 0 Å². The molecule has 0 saturated carbocycles. The van der Waals surface area contributed by atoms with Crippen molar-refractivity contribution < 1.29 is 19.1 Å². The van der Waals surface area contributed by atoms with Gasteiger partial charge in [-0.2, -0.15) is 0 Å². The van der Waals surface area contributed by atoms with Crippen LogP contribution >= 0.6 is 0 Å². The van der Waals surface area contributed by atoms with E-state index >= 15 is 0 Å². The second-order valence-corrected chi connectivity index (χ2v) is 4.47. The molecule has 0 radical (unpaired) electrons. The zero-order valence-corrected chi connectivity index (χ0v) is 10.9. The fourth-order valence-corrected chi connectivity index (χ4v) is 1.96. The molecular weight excluding hydrogens is 238 g/mol. The lowest BCUT2D eigenvalue weighted by Gasteiger charge is -2.33. The Hall–Kier alpha value is -1.18. The summed E-state index contributed by atoms with van der Waals surface area (Å²) in [7, 11) is 3.19. The normalized spacial score (nSPS) is 20.9. The van der Waals surface area contributed by atoms with Gasteiger partial charge in [0.25, 0.3) is 0 Å². The molecule has 2 N–H and O–H groups in total. The molecule has 0 spiro atoms. The average Bonchev–Trinajstić information content (AvgIpc) is 2.28. The molecule has 1 aliphatic heterocycles. The summed E-state index contributed by atoms with van der Waals surface area (Å²) in [5, 5.41) is 0. The maximum atomic E-state index is 11.2. The van der Waals surface area contributed by atoms with Gasteiger partial charge in [0.05, 0.1) is 32.9 Å². The summed E-state index contributed by atoms with van der Waals surface area (Å²) in [6.07, 6.45) is -0.0206. The Labute approximate surface area is 107 Å². The minimum atomic E-state index is -0.361. The number of rotatable bonds is 6. The SMILES string of the molecule is COC(=O)CN1CCO[C@@H](CN(C)CC(N)=O)C1. The van der Waals surface area contributed by atoms with Crippen molar-refractivity contribution in [3.63, 3.8) is 0 Å². The number of nitrogens with zero attached hydrogens (tertiary/aromatic N) is 2. The summed E-state index contributed by atoms with van der Waals surface area (Å²) in [4.78, 5) is 25.7. The molecule has 0 unspecified atom stereocenters. The molecule has 7 heteroatoms. The highest BCUT2D eigenvalue weighted by Gasteiger charge is 2.23. The maximum Gasteiger partial charge on any atom is 0.319 e. The van der Waals surface area contributed by atoms with Crippen molar-refractivity contribution in [3.8, 4) is 0 Å². The molecule has 7 nitrogen and oxygen atoms in total. The molecular formula is C11H21N3O4. The number of primary amides is 1. The van der Waals surface area contributed by atoms with Crippen LogP contribution in [0.1, 0.15) is 0 Å². The molecule has 1 aliphatic rings. The molecule has 18 heavy (non-hydrogen) atoms. The number of nitrogens with two attached hydrogens (primary N) is 1. The molecule has 1 rings (SSSR count). The molecule has 1 heterocycles. The van der Waals surface area contributed by atoms with Crippen molar-refractivity contribution in [1.82, 2.24) is 9.80 Å². The average molecular weight is 259 g/mol. The van der Waals surface area contributed by atoms with Crippen LogP contribution in [0.15, 0.2) is 0 Å². The second kappa shape index (κ2) is 7.30. The molecule has 0 aromatic heterocycles. The molecule has 1 saturated heterocycles. The Balaban J connectivity index is 2.34. The van der Waals surface area contributed by atoms with Crippen LogP contribution < -0.4 is 5.73 Å². The molecule has 1 amide bonds. The number of methoxy groups -OCH3 is 1. The smallest absolute Gasteiger partial charge is 0.319 e. The Bertz CT molecular complexity index is 298. The molecule has 104 valence electrons. The molecule has 0 aliphatic carbocycles. The zero-order valence-electron chi connectivity index (χ0n) is 10.9. The first-order valence-corrected chi connectivity index (χ1v) is 5.89. The van der Waals surface area contributed by atoms with Crippen molar-refractivity contribution in [2.24, 2.45) is 5.73 Å². The molecule has 1 fully saturated rings. The Morgan fingerprint density at radius 2 is 2.28 bits per heavy atom. The van der Waals surface area contributed by atoms with Crippen LogP contribution in [0.2, 0.25) is 0 Å². The van der Waals surface area contributed by atoms with Crippen LogP contribution in [0.25, 0.3) is 0 Å². The number of likely N-dealkylation sites (N-methyl/N-ethyl adjacent to an activating group) is 1. The number of carbonyl (C=O) groups is 2. The van der Waals surface area contributed by atoms with Crippen molar-refractivity contribution in [2.45, 2.75) is 6.10 Å². The van der Waals surface area contributed by atoms with Gasteiger partial charge in [-0.05, 0) is 7.05 Å². The summed E-state index contributed by atoms with van der Waals surface area (Å²) >= 11 is 0. The van der Waals surface area contributed by atoms with E-state index in [1.165, 1.54) is 7.11 Å². The minimum Gasteiger partial charge on any atom is -0.468 e. The Morgan fingerprint density at radius 1 is 1.56 bits per heavy atom. The Morgan fingerprint density at radius 3 is 2.89 bits per heavy atom. The quantitative estimate of drug-likeness (QED) is 0.571. The van der Waals surface area contributed by atoms with Crippen molar-refractivity contribution in [3.05, 3.63) is 0 Å². The topological polar surface area (TPSA) is 85.1 Å².